The number of fused-ring (bicyclic) bond motifs is 11. The molecule has 0 unspecified atom stereocenters. The second-order valence-electron chi connectivity index (χ2n) is 15.1. The molecule has 0 radical (unpaired) electrons. The largest absolute Gasteiger partial charge is 0.508 e. The number of ether oxygens (including phenoxy) is 2. The zero-order valence-corrected chi connectivity index (χ0v) is 27.4. The number of aliphatic hydroxyl groups is 1. The van der Waals surface area contributed by atoms with E-state index in [9.17, 15) is 20.1 Å². The quantitative estimate of drug-likeness (QED) is 0.152. The highest BCUT2D eigenvalue weighted by atomic mass is 16.6. The maximum absolute atomic E-state index is 13.3. The molecule has 250 valence electrons. The predicted octanol–water partition coefficient (Wildman–Crippen LogP) is 7.48. The van der Waals surface area contributed by atoms with Gasteiger partial charge in [0, 0.05) is 34.2 Å². The van der Waals surface area contributed by atoms with Gasteiger partial charge in [-0.15, -0.1) is 6.42 Å². The van der Waals surface area contributed by atoms with Gasteiger partial charge >= 0.3 is 5.97 Å². The maximum Gasteiger partial charge on any atom is 0.340 e. The summed E-state index contributed by atoms with van der Waals surface area (Å²) in [7, 11) is 0. The number of allylic oxidation sites excluding steroid dienone is 2. The zero-order valence-electron chi connectivity index (χ0n) is 27.4. The molecule has 9 rings (SSSR count). The Kier molecular flexibility index (Phi) is 6.58. The first kappa shape index (κ1) is 30.3. The SMILES string of the molecule is C#C[C@]1(O)CC[C@H]2[C@@H]3CCC4=C/C(=N\OCc5ccc6c(c5)C5(OC6=O)c6ccc(O)cc6Oc6cc(O)ccc65)CC[C@@H]4[C@H]3CC[C@@]21C. The van der Waals surface area contributed by atoms with Crippen LogP contribution in [0.4, 0.5) is 0 Å². The van der Waals surface area contributed by atoms with Gasteiger partial charge in [-0.1, -0.05) is 29.6 Å². The van der Waals surface area contributed by atoms with Crippen LogP contribution in [0.1, 0.15) is 90.9 Å². The van der Waals surface area contributed by atoms with E-state index in [1.54, 1.807) is 30.3 Å². The van der Waals surface area contributed by atoms with Crippen molar-refractivity contribution >= 4 is 11.7 Å². The Labute approximate surface area is 285 Å². The van der Waals surface area contributed by atoms with Gasteiger partial charge in [0.25, 0.3) is 0 Å². The Hall–Kier alpha value is -4.74. The van der Waals surface area contributed by atoms with Gasteiger partial charge in [-0.05, 0) is 123 Å². The molecule has 0 amide bonds. The molecule has 3 aromatic rings. The van der Waals surface area contributed by atoms with Crippen molar-refractivity contribution in [3.05, 3.63) is 94.1 Å². The van der Waals surface area contributed by atoms with Gasteiger partial charge in [-0.25, -0.2) is 4.79 Å². The van der Waals surface area contributed by atoms with Gasteiger partial charge in [0.2, 0.25) is 0 Å². The molecule has 1 spiro atoms. The summed E-state index contributed by atoms with van der Waals surface area (Å²) in [5, 5.41) is 36.3. The molecular weight excluding hydrogens is 618 g/mol. The molecule has 49 heavy (non-hydrogen) atoms. The van der Waals surface area contributed by atoms with E-state index in [2.05, 4.69) is 24.1 Å². The number of carbonyl (C=O) groups is 1. The van der Waals surface area contributed by atoms with Crippen LogP contribution in [0.3, 0.4) is 0 Å². The minimum Gasteiger partial charge on any atom is -0.508 e. The molecular formula is C41H39NO7. The van der Waals surface area contributed by atoms with Crippen molar-refractivity contribution in [2.45, 2.75) is 76.1 Å². The number of carbonyl (C=O) groups excluding carboxylic acids is 1. The molecule has 6 atom stereocenters. The Morgan fingerprint density at radius 3 is 2.41 bits per heavy atom. The summed E-state index contributed by atoms with van der Waals surface area (Å²) < 4.78 is 12.3. The van der Waals surface area contributed by atoms with E-state index in [0.29, 0.717) is 63.8 Å². The molecule has 8 heteroatoms. The fraction of sp³-hybridized carbons (Fsp3) is 0.415. The summed E-state index contributed by atoms with van der Waals surface area (Å²) in [6.07, 6.45) is 16.1. The third kappa shape index (κ3) is 4.27. The molecule has 0 aromatic heterocycles. The van der Waals surface area contributed by atoms with Crippen molar-refractivity contribution in [1.82, 2.24) is 0 Å². The highest BCUT2D eigenvalue weighted by Gasteiger charge is 2.62. The van der Waals surface area contributed by atoms with E-state index in [0.717, 1.165) is 56.2 Å². The number of phenolic OH excluding ortho intramolecular Hbond substituents is 2. The maximum atomic E-state index is 13.3. The molecule has 4 aliphatic carbocycles. The lowest BCUT2D eigenvalue weighted by atomic mass is 9.50. The molecule has 3 fully saturated rings. The first-order valence-corrected chi connectivity index (χ1v) is 17.4. The van der Waals surface area contributed by atoms with Crippen molar-refractivity contribution in [2.75, 3.05) is 0 Å². The minimum absolute atomic E-state index is 0.00807. The number of aromatic hydroxyl groups is 2. The molecule has 8 nitrogen and oxygen atoms in total. The van der Waals surface area contributed by atoms with Gasteiger partial charge < -0.3 is 29.6 Å². The highest BCUT2D eigenvalue weighted by molar-refractivity contribution is 5.97. The number of hydrogen-bond donors (Lipinski definition) is 3. The number of nitrogens with zero attached hydrogens (tertiary/aromatic N) is 1. The number of rotatable bonds is 3. The standard InChI is InChI=1S/C41H39NO7/c1-3-40(46)17-15-32-30-10-5-24-19-25(6-11-28(24)29(30)14-16-39(32,40)2)42-47-22-23-4-9-31-35(18-23)41(49-38(31)45)33-12-7-26(43)20-36(33)48-37-21-27(44)8-13-34(37)41/h1,4,7-9,12-13,18-21,28-30,32,43-44,46H,5-6,10-11,14-17,22H2,2H3/b42-25-/t28-,29+,30+,32-,39-,40-/m0/s1. The van der Waals surface area contributed by atoms with Crippen LogP contribution < -0.4 is 4.74 Å². The summed E-state index contributed by atoms with van der Waals surface area (Å²) in [5.74, 6) is 5.30. The topological polar surface area (TPSA) is 118 Å². The Morgan fingerprint density at radius 1 is 0.918 bits per heavy atom. The van der Waals surface area contributed by atoms with E-state index >= 15 is 0 Å². The molecule has 0 saturated heterocycles. The van der Waals surface area contributed by atoms with Crippen molar-refractivity contribution in [3.8, 4) is 35.3 Å². The lowest BCUT2D eigenvalue weighted by Crippen LogP contribution is -2.52. The predicted molar refractivity (Wildman–Crippen MR) is 181 cm³/mol. The lowest BCUT2D eigenvalue weighted by molar-refractivity contribution is -0.0852. The van der Waals surface area contributed by atoms with Crippen molar-refractivity contribution in [3.63, 3.8) is 0 Å². The summed E-state index contributed by atoms with van der Waals surface area (Å²) in [6, 6.07) is 15.0. The smallest absolute Gasteiger partial charge is 0.340 e. The highest BCUT2D eigenvalue weighted by Crippen LogP contribution is 2.65. The van der Waals surface area contributed by atoms with Crippen LogP contribution in [-0.2, 0) is 21.8 Å². The molecule has 3 saturated carbocycles. The van der Waals surface area contributed by atoms with E-state index in [-0.39, 0.29) is 23.5 Å². The van der Waals surface area contributed by atoms with Crippen LogP contribution in [0.25, 0.3) is 0 Å². The van der Waals surface area contributed by atoms with Gasteiger partial charge in [-0.2, -0.15) is 0 Å². The third-order valence-electron chi connectivity index (χ3n) is 13.0. The summed E-state index contributed by atoms with van der Waals surface area (Å²) in [5.41, 5.74) is 3.00. The average molecular weight is 658 g/mol. The minimum atomic E-state index is -1.32. The Balaban J connectivity index is 0.959. The van der Waals surface area contributed by atoms with Crippen LogP contribution in [0.2, 0.25) is 0 Å². The first-order chi connectivity index (χ1) is 23.6. The molecule has 6 aliphatic rings. The molecule has 0 bridgehead atoms. The fourth-order valence-corrected chi connectivity index (χ4v) is 10.5. The van der Waals surface area contributed by atoms with Crippen LogP contribution >= 0.6 is 0 Å². The van der Waals surface area contributed by atoms with E-state index < -0.39 is 17.2 Å². The van der Waals surface area contributed by atoms with Crippen LogP contribution in [0.5, 0.6) is 23.0 Å². The molecule has 2 aliphatic heterocycles. The number of phenols is 2. The second kappa shape index (κ2) is 10.6. The lowest BCUT2D eigenvalue weighted by Gasteiger charge is -2.54. The molecule has 2 heterocycles. The van der Waals surface area contributed by atoms with Gasteiger partial charge in [-0.3, -0.25) is 0 Å². The Morgan fingerprint density at radius 2 is 1.67 bits per heavy atom. The van der Waals surface area contributed by atoms with Crippen molar-refractivity contribution in [2.24, 2.45) is 34.2 Å². The zero-order chi connectivity index (χ0) is 33.7. The number of oxime groups is 1. The van der Waals surface area contributed by atoms with Crippen molar-refractivity contribution < 1.29 is 34.4 Å². The monoisotopic (exact) mass is 657 g/mol. The number of terminal acetylenes is 1. The van der Waals surface area contributed by atoms with Crippen LogP contribution in [0, 0.1) is 41.4 Å². The average Bonchev–Trinajstić information content (AvgIpc) is 3.54. The van der Waals surface area contributed by atoms with Crippen LogP contribution in [0.15, 0.2) is 71.4 Å². The molecule has 3 aromatic carbocycles. The summed E-state index contributed by atoms with van der Waals surface area (Å²) >= 11 is 0. The van der Waals surface area contributed by atoms with E-state index in [4.69, 9.17) is 20.7 Å². The Bertz CT molecular complexity index is 1970. The fourth-order valence-electron chi connectivity index (χ4n) is 10.5. The van der Waals surface area contributed by atoms with Crippen LogP contribution in [-0.4, -0.2) is 32.6 Å². The summed E-state index contributed by atoms with van der Waals surface area (Å²) in [6.45, 7) is 2.44. The van der Waals surface area contributed by atoms with Crippen molar-refractivity contribution in [1.29, 1.82) is 0 Å². The summed E-state index contributed by atoms with van der Waals surface area (Å²) in [4.78, 5) is 19.3. The second-order valence-corrected chi connectivity index (χ2v) is 15.1. The first-order valence-electron chi connectivity index (χ1n) is 17.4. The van der Waals surface area contributed by atoms with Gasteiger partial charge in [0.15, 0.2) is 5.60 Å². The van der Waals surface area contributed by atoms with E-state index in [1.165, 1.54) is 17.7 Å². The van der Waals surface area contributed by atoms with Gasteiger partial charge in [0.1, 0.15) is 35.2 Å². The van der Waals surface area contributed by atoms with Gasteiger partial charge in [0.05, 0.1) is 11.3 Å². The normalized spacial score (nSPS) is 32.3. The van der Waals surface area contributed by atoms with E-state index in [1.807, 2.05) is 12.1 Å². The molecule has 3 N–H and O–H groups in total. The third-order valence-corrected chi connectivity index (χ3v) is 13.0. The number of hydrogen-bond acceptors (Lipinski definition) is 8. The number of benzene rings is 3. The number of esters is 1.